The highest BCUT2D eigenvalue weighted by Crippen LogP contribution is 2.46. The zero-order valence-corrected chi connectivity index (χ0v) is 25.4. The molecule has 4 saturated carbocycles. The van der Waals surface area contributed by atoms with Gasteiger partial charge in [-0.2, -0.15) is 0 Å². The first kappa shape index (κ1) is 31.7. The Kier molecular flexibility index (Phi) is 13.3. The Morgan fingerprint density at radius 1 is 0.564 bits per heavy atom. The van der Waals surface area contributed by atoms with Gasteiger partial charge >= 0.3 is 0 Å². The number of halogens is 3. The molecular formula is C35H61F3O. The molecule has 0 spiro atoms. The van der Waals surface area contributed by atoms with E-state index in [0.29, 0.717) is 35.7 Å². The maximum atomic E-state index is 15.2. The molecule has 1 nitrogen and oxygen atoms in total. The van der Waals surface area contributed by atoms with Gasteiger partial charge < -0.3 is 4.74 Å². The fourth-order valence-corrected chi connectivity index (χ4v) is 9.39. The molecule has 0 aromatic heterocycles. The molecule has 0 saturated heterocycles. The summed E-state index contributed by atoms with van der Waals surface area (Å²) in [5.74, 6) is 2.40. The van der Waals surface area contributed by atoms with E-state index in [1.165, 1.54) is 64.2 Å². The molecule has 0 N–H and O–H groups in total. The molecule has 4 fully saturated rings. The van der Waals surface area contributed by atoms with Gasteiger partial charge in [-0.15, -0.1) is 0 Å². The highest BCUT2D eigenvalue weighted by atomic mass is 19.2. The molecule has 4 rings (SSSR count). The van der Waals surface area contributed by atoms with Crippen molar-refractivity contribution >= 4 is 0 Å². The predicted molar refractivity (Wildman–Crippen MR) is 157 cm³/mol. The minimum absolute atomic E-state index is 0.0791. The van der Waals surface area contributed by atoms with Crippen molar-refractivity contribution in [3.63, 3.8) is 0 Å². The Bertz CT molecular complexity index is 656. The molecule has 228 valence electrons. The predicted octanol–water partition coefficient (Wildman–Crippen LogP) is 11.0. The lowest BCUT2D eigenvalue weighted by Crippen LogP contribution is -2.42. The van der Waals surface area contributed by atoms with E-state index in [4.69, 9.17) is 4.74 Å². The maximum Gasteiger partial charge on any atom is 0.134 e. The second-order valence-electron chi connectivity index (χ2n) is 14.3. The topological polar surface area (TPSA) is 9.23 Å². The van der Waals surface area contributed by atoms with Crippen LogP contribution in [0.15, 0.2) is 0 Å². The Balaban J connectivity index is 1.09. The van der Waals surface area contributed by atoms with E-state index in [0.717, 1.165) is 77.2 Å². The maximum absolute atomic E-state index is 15.2. The van der Waals surface area contributed by atoms with Crippen LogP contribution in [0.1, 0.15) is 149 Å². The summed E-state index contributed by atoms with van der Waals surface area (Å²) in [5, 5.41) is 0. The van der Waals surface area contributed by atoms with Crippen molar-refractivity contribution in [1.82, 2.24) is 0 Å². The minimum Gasteiger partial charge on any atom is -0.379 e. The van der Waals surface area contributed by atoms with Gasteiger partial charge in [-0.3, -0.25) is 0 Å². The molecule has 0 aromatic rings. The van der Waals surface area contributed by atoms with Crippen molar-refractivity contribution in [2.24, 2.45) is 41.4 Å². The molecule has 0 radical (unpaired) electrons. The quantitative estimate of drug-likeness (QED) is 0.206. The lowest BCUT2D eigenvalue weighted by Gasteiger charge is -2.41. The first-order valence-electron chi connectivity index (χ1n) is 17.5. The first-order chi connectivity index (χ1) is 19.0. The largest absolute Gasteiger partial charge is 0.379 e. The van der Waals surface area contributed by atoms with Crippen molar-refractivity contribution in [1.29, 1.82) is 0 Å². The Hall–Kier alpha value is -0.250. The van der Waals surface area contributed by atoms with Gasteiger partial charge in [-0.25, -0.2) is 13.2 Å². The van der Waals surface area contributed by atoms with Crippen molar-refractivity contribution in [2.45, 2.75) is 173 Å². The molecule has 4 heteroatoms. The summed E-state index contributed by atoms with van der Waals surface area (Å²) in [6, 6.07) is 0. The van der Waals surface area contributed by atoms with Gasteiger partial charge in [0, 0.05) is 6.61 Å². The summed E-state index contributed by atoms with van der Waals surface area (Å²) in [6.07, 6.45) is 20.4. The van der Waals surface area contributed by atoms with Gasteiger partial charge in [0.2, 0.25) is 0 Å². The SMILES string of the molecule is CCCCCCC1CCC(C2CCC(CCCC3CCC(C4CCC(OCC)CC4)C(F)C3F)CC2)C(F)C1. The van der Waals surface area contributed by atoms with Gasteiger partial charge in [0.15, 0.2) is 0 Å². The summed E-state index contributed by atoms with van der Waals surface area (Å²) >= 11 is 0. The summed E-state index contributed by atoms with van der Waals surface area (Å²) in [5.41, 5.74) is 0. The second kappa shape index (κ2) is 16.4. The molecule has 7 unspecified atom stereocenters. The summed E-state index contributed by atoms with van der Waals surface area (Å²) in [7, 11) is 0. The zero-order valence-electron chi connectivity index (χ0n) is 25.4. The molecule has 39 heavy (non-hydrogen) atoms. The van der Waals surface area contributed by atoms with Crippen LogP contribution in [-0.4, -0.2) is 31.2 Å². The van der Waals surface area contributed by atoms with Gasteiger partial charge in [0.25, 0.3) is 0 Å². The Morgan fingerprint density at radius 2 is 1.21 bits per heavy atom. The number of ether oxygens (including phenoxy) is 1. The average Bonchev–Trinajstić information content (AvgIpc) is 2.95. The van der Waals surface area contributed by atoms with Crippen LogP contribution < -0.4 is 0 Å². The Morgan fingerprint density at radius 3 is 1.90 bits per heavy atom. The van der Waals surface area contributed by atoms with E-state index in [2.05, 4.69) is 6.92 Å². The fourth-order valence-electron chi connectivity index (χ4n) is 9.39. The van der Waals surface area contributed by atoms with Crippen LogP contribution in [0, 0.1) is 41.4 Å². The second-order valence-corrected chi connectivity index (χ2v) is 14.3. The number of hydrogen-bond acceptors (Lipinski definition) is 1. The standard InChI is InChI=1S/C35H61F3O/c1-3-5-6-7-9-26-14-22-31(33(36)24-26)27-15-12-25(13-16-27)10-8-11-29-19-23-32(35(38)34(29)37)28-17-20-30(21-18-28)39-4-2/h25-35H,3-24H2,1-2H3. The van der Waals surface area contributed by atoms with Gasteiger partial charge in [-0.1, -0.05) is 64.7 Å². The molecule has 0 bridgehead atoms. The van der Waals surface area contributed by atoms with Crippen LogP contribution in [0.4, 0.5) is 13.2 Å². The van der Waals surface area contributed by atoms with Crippen LogP contribution in [0.5, 0.6) is 0 Å². The molecule has 4 aliphatic carbocycles. The smallest absolute Gasteiger partial charge is 0.134 e. The van der Waals surface area contributed by atoms with E-state index < -0.39 is 18.5 Å². The minimum atomic E-state index is -1.27. The molecule has 0 amide bonds. The summed E-state index contributed by atoms with van der Waals surface area (Å²) in [6.45, 7) is 5.03. The van der Waals surface area contributed by atoms with Crippen LogP contribution >= 0.6 is 0 Å². The third-order valence-corrected chi connectivity index (χ3v) is 11.8. The lowest BCUT2D eigenvalue weighted by atomic mass is 9.67. The first-order valence-corrected chi connectivity index (χ1v) is 17.5. The number of rotatable bonds is 13. The highest BCUT2D eigenvalue weighted by Gasteiger charge is 2.44. The van der Waals surface area contributed by atoms with E-state index in [-0.39, 0.29) is 11.8 Å². The highest BCUT2D eigenvalue weighted by molar-refractivity contribution is 4.93. The number of unbranched alkanes of at least 4 members (excludes halogenated alkanes) is 3. The third-order valence-electron chi connectivity index (χ3n) is 11.8. The summed E-state index contributed by atoms with van der Waals surface area (Å²) < 4.78 is 51.3. The van der Waals surface area contributed by atoms with Gasteiger partial charge in [-0.05, 0) is 125 Å². The Labute approximate surface area is 239 Å². The normalized spacial score (nSPS) is 41.9. The van der Waals surface area contributed by atoms with Crippen LogP contribution in [-0.2, 0) is 4.74 Å². The summed E-state index contributed by atoms with van der Waals surface area (Å²) in [4.78, 5) is 0. The fraction of sp³-hybridized carbons (Fsp3) is 1.00. The molecular weight excluding hydrogens is 493 g/mol. The molecule has 0 heterocycles. The van der Waals surface area contributed by atoms with E-state index in [1.807, 2.05) is 6.92 Å². The van der Waals surface area contributed by atoms with Crippen molar-refractivity contribution < 1.29 is 17.9 Å². The third kappa shape index (κ3) is 9.12. The van der Waals surface area contributed by atoms with Crippen LogP contribution in [0.25, 0.3) is 0 Å². The van der Waals surface area contributed by atoms with Gasteiger partial charge in [0.05, 0.1) is 6.10 Å². The van der Waals surface area contributed by atoms with E-state index in [9.17, 15) is 0 Å². The van der Waals surface area contributed by atoms with E-state index in [1.54, 1.807) is 0 Å². The molecule has 4 aliphatic rings. The number of alkyl halides is 3. The van der Waals surface area contributed by atoms with Crippen molar-refractivity contribution in [3.8, 4) is 0 Å². The lowest BCUT2D eigenvalue weighted by molar-refractivity contribution is -0.0321. The van der Waals surface area contributed by atoms with Gasteiger partial charge in [0.1, 0.15) is 18.5 Å². The zero-order chi connectivity index (χ0) is 27.6. The van der Waals surface area contributed by atoms with Crippen LogP contribution in [0.3, 0.4) is 0 Å². The monoisotopic (exact) mass is 554 g/mol. The molecule has 7 atom stereocenters. The van der Waals surface area contributed by atoms with E-state index >= 15 is 13.2 Å². The number of hydrogen-bond donors (Lipinski definition) is 0. The molecule has 0 aromatic carbocycles. The van der Waals surface area contributed by atoms with Crippen molar-refractivity contribution in [2.75, 3.05) is 6.61 Å². The average molecular weight is 555 g/mol. The molecule has 0 aliphatic heterocycles. The van der Waals surface area contributed by atoms with Crippen LogP contribution in [0.2, 0.25) is 0 Å². The van der Waals surface area contributed by atoms with Crippen molar-refractivity contribution in [3.05, 3.63) is 0 Å².